The van der Waals surface area contributed by atoms with Gasteiger partial charge in [0.25, 0.3) is 0 Å². The van der Waals surface area contributed by atoms with Crippen molar-refractivity contribution >= 4 is 21.6 Å². The molecule has 2 N–H and O–H groups in total. The van der Waals surface area contributed by atoms with Gasteiger partial charge in [-0.3, -0.25) is 0 Å². The summed E-state index contributed by atoms with van der Waals surface area (Å²) in [5, 5.41) is 12.3. The van der Waals surface area contributed by atoms with Crippen molar-refractivity contribution in [3.63, 3.8) is 0 Å². The Kier molecular flexibility index (Phi) is 4.91. The van der Waals surface area contributed by atoms with E-state index in [9.17, 15) is 0 Å². The van der Waals surface area contributed by atoms with Crippen LogP contribution in [0.2, 0.25) is 0 Å². The van der Waals surface area contributed by atoms with E-state index in [4.69, 9.17) is 9.84 Å². The molecule has 0 saturated heterocycles. The molecule has 0 amide bonds. The van der Waals surface area contributed by atoms with Crippen molar-refractivity contribution in [3.8, 4) is 5.75 Å². The molecule has 4 heteroatoms. The normalized spacial score (nSPS) is 12.3. The number of ether oxygens (including phenoxy) is 1. The summed E-state index contributed by atoms with van der Waals surface area (Å²) in [6, 6.07) is 5.80. The van der Waals surface area contributed by atoms with E-state index in [-0.39, 0.29) is 6.10 Å². The Hall–Kier alpha value is -0.740. The average molecular weight is 274 g/mol. The van der Waals surface area contributed by atoms with Gasteiger partial charge in [0, 0.05) is 22.8 Å². The molecule has 1 aromatic rings. The van der Waals surface area contributed by atoms with E-state index in [0.717, 1.165) is 28.9 Å². The van der Waals surface area contributed by atoms with Gasteiger partial charge in [-0.2, -0.15) is 0 Å². The standard InChI is InChI=1S/C11H16BrNO2/c1-8(14)3-4-13-10-5-9(12)6-11(7-10)15-2/h5-8,13-14H,3-4H2,1-2H3. The van der Waals surface area contributed by atoms with Gasteiger partial charge in [0.2, 0.25) is 0 Å². The van der Waals surface area contributed by atoms with Crippen molar-refractivity contribution in [2.45, 2.75) is 19.4 Å². The van der Waals surface area contributed by atoms with Crippen molar-refractivity contribution in [2.75, 3.05) is 19.0 Å². The summed E-state index contributed by atoms with van der Waals surface area (Å²) in [5.41, 5.74) is 0.988. The maximum Gasteiger partial charge on any atom is 0.122 e. The number of aliphatic hydroxyl groups is 1. The molecule has 84 valence electrons. The lowest BCUT2D eigenvalue weighted by Crippen LogP contribution is -2.09. The van der Waals surface area contributed by atoms with Gasteiger partial charge in [-0.15, -0.1) is 0 Å². The fourth-order valence-corrected chi connectivity index (χ4v) is 1.68. The quantitative estimate of drug-likeness (QED) is 0.867. The molecule has 0 spiro atoms. The van der Waals surface area contributed by atoms with E-state index in [2.05, 4.69) is 21.2 Å². The van der Waals surface area contributed by atoms with Crippen LogP contribution in [-0.2, 0) is 0 Å². The summed E-state index contributed by atoms with van der Waals surface area (Å²) in [5.74, 6) is 0.809. The molecule has 0 aliphatic rings. The lowest BCUT2D eigenvalue weighted by Gasteiger charge is -2.10. The number of nitrogens with one attached hydrogen (secondary N) is 1. The summed E-state index contributed by atoms with van der Waals surface area (Å²) >= 11 is 3.41. The Bertz CT molecular complexity index is 315. The van der Waals surface area contributed by atoms with Crippen LogP contribution in [0.4, 0.5) is 5.69 Å². The Morgan fingerprint density at radius 1 is 1.47 bits per heavy atom. The highest BCUT2D eigenvalue weighted by Gasteiger charge is 2.00. The highest BCUT2D eigenvalue weighted by Crippen LogP contribution is 2.24. The molecule has 0 aliphatic heterocycles. The topological polar surface area (TPSA) is 41.5 Å². The van der Waals surface area contributed by atoms with Crippen LogP contribution in [0.15, 0.2) is 22.7 Å². The molecule has 0 radical (unpaired) electrons. The fraction of sp³-hybridized carbons (Fsp3) is 0.455. The molecule has 1 rings (SSSR count). The van der Waals surface area contributed by atoms with Crippen LogP contribution in [0.5, 0.6) is 5.75 Å². The predicted octanol–water partition coefficient (Wildman–Crippen LogP) is 2.64. The SMILES string of the molecule is COc1cc(Br)cc(NCCC(C)O)c1. The molecule has 15 heavy (non-hydrogen) atoms. The van der Waals surface area contributed by atoms with Crippen molar-refractivity contribution in [3.05, 3.63) is 22.7 Å². The Labute approximate surface area is 98.6 Å². The lowest BCUT2D eigenvalue weighted by atomic mass is 10.2. The van der Waals surface area contributed by atoms with Crippen LogP contribution < -0.4 is 10.1 Å². The lowest BCUT2D eigenvalue weighted by molar-refractivity contribution is 0.189. The predicted molar refractivity (Wildman–Crippen MR) is 65.5 cm³/mol. The molecule has 0 heterocycles. The summed E-state index contributed by atoms with van der Waals surface area (Å²) in [6.07, 6.45) is 0.459. The molecular formula is C11H16BrNO2. The van der Waals surface area contributed by atoms with E-state index in [1.807, 2.05) is 18.2 Å². The fourth-order valence-electron chi connectivity index (χ4n) is 1.21. The van der Waals surface area contributed by atoms with E-state index in [0.29, 0.717) is 0 Å². The minimum Gasteiger partial charge on any atom is -0.497 e. The smallest absolute Gasteiger partial charge is 0.122 e. The van der Waals surface area contributed by atoms with Crippen LogP contribution in [0.1, 0.15) is 13.3 Å². The number of aliphatic hydroxyl groups excluding tert-OH is 1. The molecule has 1 atom stereocenters. The van der Waals surface area contributed by atoms with E-state index >= 15 is 0 Å². The van der Waals surface area contributed by atoms with Crippen molar-refractivity contribution < 1.29 is 9.84 Å². The zero-order chi connectivity index (χ0) is 11.3. The molecule has 0 bridgehead atoms. The van der Waals surface area contributed by atoms with Gasteiger partial charge >= 0.3 is 0 Å². The first-order valence-electron chi connectivity index (χ1n) is 4.88. The minimum absolute atomic E-state index is 0.272. The van der Waals surface area contributed by atoms with Crippen LogP contribution in [0.25, 0.3) is 0 Å². The molecule has 0 aromatic heterocycles. The van der Waals surface area contributed by atoms with Crippen LogP contribution >= 0.6 is 15.9 Å². The first kappa shape index (κ1) is 12.3. The van der Waals surface area contributed by atoms with Crippen LogP contribution in [-0.4, -0.2) is 24.9 Å². The van der Waals surface area contributed by atoms with Crippen molar-refractivity contribution in [2.24, 2.45) is 0 Å². The number of methoxy groups -OCH3 is 1. The molecule has 3 nitrogen and oxygen atoms in total. The average Bonchev–Trinajstić information content (AvgIpc) is 2.16. The summed E-state index contributed by atoms with van der Waals surface area (Å²) in [6.45, 7) is 2.53. The number of hydrogen-bond donors (Lipinski definition) is 2. The highest BCUT2D eigenvalue weighted by molar-refractivity contribution is 9.10. The molecular weight excluding hydrogens is 258 g/mol. The van der Waals surface area contributed by atoms with Gasteiger partial charge in [-0.1, -0.05) is 15.9 Å². The van der Waals surface area contributed by atoms with E-state index in [1.165, 1.54) is 0 Å². The largest absolute Gasteiger partial charge is 0.497 e. The van der Waals surface area contributed by atoms with Crippen molar-refractivity contribution in [1.29, 1.82) is 0 Å². The zero-order valence-electron chi connectivity index (χ0n) is 8.96. The van der Waals surface area contributed by atoms with Gasteiger partial charge < -0.3 is 15.2 Å². The maximum atomic E-state index is 9.11. The second-order valence-corrected chi connectivity index (χ2v) is 4.36. The monoisotopic (exact) mass is 273 g/mol. The van der Waals surface area contributed by atoms with Gasteiger partial charge in [0.1, 0.15) is 5.75 Å². The minimum atomic E-state index is -0.272. The van der Waals surface area contributed by atoms with Gasteiger partial charge in [-0.25, -0.2) is 0 Å². The van der Waals surface area contributed by atoms with Crippen LogP contribution in [0, 0.1) is 0 Å². The number of anilines is 1. The number of rotatable bonds is 5. The Morgan fingerprint density at radius 3 is 2.80 bits per heavy atom. The van der Waals surface area contributed by atoms with Crippen molar-refractivity contribution in [1.82, 2.24) is 0 Å². The summed E-state index contributed by atoms with van der Waals surface area (Å²) in [4.78, 5) is 0. The third-order valence-corrected chi connectivity index (χ3v) is 2.46. The summed E-state index contributed by atoms with van der Waals surface area (Å²) < 4.78 is 6.12. The number of benzene rings is 1. The first-order chi connectivity index (χ1) is 7.11. The van der Waals surface area contributed by atoms with E-state index in [1.54, 1.807) is 14.0 Å². The highest BCUT2D eigenvalue weighted by atomic mass is 79.9. The second kappa shape index (κ2) is 5.98. The van der Waals surface area contributed by atoms with Gasteiger partial charge in [0.05, 0.1) is 13.2 Å². The third-order valence-electron chi connectivity index (χ3n) is 2.00. The second-order valence-electron chi connectivity index (χ2n) is 3.44. The third kappa shape index (κ3) is 4.53. The molecule has 1 aromatic carbocycles. The summed E-state index contributed by atoms with van der Waals surface area (Å²) in [7, 11) is 1.64. The maximum absolute atomic E-state index is 9.11. The molecule has 0 saturated carbocycles. The zero-order valence-corrected chi connectivity index (χ0v) is 10.5. The number of hydrogen-bond acceptors (Lipinski definition) is 3. The van der Waals surface area contributed by atoms with Gasteiger partial charge in [-0.05, 0) is 25.5 Å². The Balaban J connectivity index is 2.56. The molecule has 0 aliphatic carbocycles. The van der Waals surface area contributed by atoms with Crippen LogP contribution in [0.3, 0.4) is 0 Å². The molecule has 1 unspecified atom stereocenters. The Morgan fingerprint density at radius 2 is 2.20 bits per heavy atom. The van der Waals surface area contributed by atoms with E-state index < -0.39 is 0 Å². The molecule has 0 fully saturated rings. The first-order valence-corrected chi connectivity index (χ1v) is 5.67. The number of halogens is 1. The van der Waals surface area contributed by atoms with Gasteiger partial charge in [0.15, 0.2) is 0 Å².